The van der Waals surface area contributed by atoms with E-state index in [1.807, 2.05) is 43.3 Å². The highest BCUT2D eigenvalue weighted by atomic mass is 16.5. The fourth-order valence-electron chi connectivity index (χ4n) is 3.49. The lowest BCUT2D eigenvalue weighted by atomic mass is 9.89. The molecule has 0 spiro atoms. The van der Waals surface area contributed by atoms with Gasteiger partial charge >= 0.3 is 0 Å². The van der Waals surface area contributed by atoms with Gasteiger partial charge in [-0.15, -0.1) is 0 Å². The molecule has 3 rings (SSSR count). The van der Waals surface area contributed by atoms with E-state index < -0.39 is 0 Å². The summed E-state index contributed by atoms with van der Waals surface area (Å²) >= 11 is 0. The zero-order valence-electron chi connectivity index (χ0n) is 15.4. The topological polar surface area (TPSA) is 67.4 Å². The Morgan fingerprint density at radius 3 is 2.42 bits per heavy atom. The molecule has 26 heavy (non-hydrogen) atoms. The number of ether oxygens (including phenoxy) is 1. The van der Waals surface area contributed by atoms with Crippen molar-refractivity contribution in [2.24, 2.45) is 5.92 Å². The van der Waals surface area contributed by atoms with Crippen LogP contribution in [-0.4, -0.2) is 18.9 Å². The molecule has 1 saturated carbocycles. The Hall–Kier alpha value is -2.56. The van der Waals surface area contributed by atoms with Crippen LogP contribution in [0, 0.1) is 5.92 Å². The number of amides is 2. The van der Waals surface area contributed by atoms with Crippen molar-refractivity contribution in [1.82, 2.24) is 10.9 Å². The number of hydrazine groups is 1. The number of benzene rings is 2. The van der Waals surface area contributed by atoms with Gasteiger partial charge in [-0.25, -0.2) is 0 Å². The highest BCUT2D eigenvalue weighted by Gasteiger charge is 2.22. The van der Waals surface area contributed by atoms with Gasteiger partial charge in [0.15, 0.2) is 0 Å². The third-order valence-corrected chi connectivity index (χ3v) is 5.25. The maximum Gasteiger partial charge on any atom is 0.245 e. The second-order valence-corrected chi connectivity index (χ2v) is 7.01. The fraction of sp³-hybridized carbons (Fsp3) is 0.429. The van der Waals surface area contributed by atoms with Gasteiger partial charge in [-0.05, 0) is 48.2 Å². The average molecular weight is 354 g/mol. The first-order valence-corrected chi connectivity index (χ1v) is 9.26. The molecule has 2 aromatic rings. The first-order chi connectivity index (χ1) is 12.6. The van der Waals surface area contributed by atoms with Crippen LogP contribution >= 0.6 is 0 Å². The van der Waals surface area contributed by atoms with Gasteiger partial charge < -0.3 is 4.74 Å². The van der Waals surface area contributed by atoms with E-state index in [1.54, 1.807) is 7.11 Å². The van der Waals surface area contributed by atoms with Gasteiger partial charge in [0.1, 0.15) is 5.75 Å². The first-order valence-electron chi connectivity index (χ1n) is 9.26. The van der Waals surface area contributed by atoms with Gasteiger partial charge in [-0.2, -0.15) is 0 Å². The predicted molar refractivity (Wildman–Crippen MR) is 102 cm³/mol. The number of rotatable bonds is 4. The minimum atomic E-state index is -0.354. The molecule has 0 bridgehead atoms. The van der Waals surface area contributed by atoms with E-state index in [1.165, 1.54) is 6.42 Å². The molecule has 0 saturated heterocycles. The van der Waals surface area contributed by atoms with Crippen molar-refractivity contribution in [3.8, 4) is 5.75 Å². The molecule has 1 aliphatic rings. The van der Waals surface area contributed by atoms with Crippen molar-refractivity contribution < 1.29 is 14.3 Å². The normalized spacial score (nSPS) is 16.1. The molecule has 138 valence electrons. The van der Waals surface area contributed by atoms with Crippen molar-refractivity contribution >= 4 is 22.6 Å². The summed E-state index contributed by atoms with van der Waals surface area (Å²) < 4.78 is 5.24. The van der Waals surface area contributed by atoms with E-state index in [2.05, 4.69) is 10.9 Å². The van der Waals surface area contributed by atoms with E-state index in [4.69, 9.17) is 4.74 Å². The maximum absolute atomic E-state index is 12.4. The van der Waals surface area contributed by atoms with Crippen LogP contribution in [0.1, 0.15) is 50.5 Å². The van der Waals surface area contributed by atoms with E-state index in [0.717, 1.165) is 47.8 Å². The smallest absolute Gasteiger partial charge is 0.245 e. The average Bonchev–Trinajstić information content (AvgIpc) is 2.70. The SMILES string of the molecule is COc1ccc2cc([C@H](C)C(=O)NNC(=O)C3CCCCC3)ccc2c1. The van der Waals surface area contributed by atoms with Crippen LogP contribution in [0.2, 0.25) is 0 Å². The van der Waals surface area contributed by atoms with E-state index in [9.17, 15) is 9.59 Å². The molecule has 1 fully saturated rings. The zero-order chi connectivity index (χ0) is 18.5. The maximum atomic E-state index is 12.4. The van der Waals surface area contributed by atoms with Crippen molar-refractivity contribution in [2.45, 2.75) is 44.9 Å². The predicted octanol–water partition coefficient (Wildman–Crippen LogP) is 3.68. The molecule has 0 radical (unpaired) electrons. The molecular weight excluding hydrogens is 328 g/mol. The monoisotopic (exact) mass is 354 g/mol. The minimum Gasteiger partial charge on any atom is -0.497 e. The molecule has 1 aliphatic carbocycles. The minimum absolute atomic E-state index is 0.0232. The van der Waals surface area contributed by atoms with Crippen molar-refractivity contribution in [3.05, 3.63) is 42.0 Å². The fourth-order valence-corrected chi connectivity index (χ4v) is 3.49. The Bertz CT molecular complexity index is 797. The van der Waals surface area contributed by atoms with Crippen molar-refractivity contribution in [1.29, 1.82) is 0 Å². The molecule has 5 heteroatoms. The number of hydrogen-bond acceptors (Lipinski definition) is 3. The van der Waals surface area contributed by atoms with Gasteiger partial charge in [0, 0.05) is 5.92 Å². The molecule has 5 nitrogen and oxygen atoms in total. The summed E-state index contributed by atoms with van der Waals surface area (Å²) in [5, 5.41) is 2.11. The Balaban J connectivity index is 1.62. The highest BCUT2D eigenvalue weighted by molar-refractivity contribution is 5.89. The second kappa shape index (κ2) is 8.21. The van der Waals surface area contributed by atoms with Gasteiger partial charge in [0.2, 0.25) is 11.8 Å². The molecule has 1 atom stereocenters. The Kier molecular flexibility index (Phi) is 5.76. The summed E-state index contributed by atoms with van der Waals surface area (Å²) in [5.74, 6) is 0.197. The number of carbonyl (C=O) groups is 2. The molecule has 0 aromatic heterocycles. The quantitative estimate of drug-likeness (QED) is 0.823. The molecule has 0 unspecified atom stereocenters. The molecule has 0 aliphatic heterocycles. The van der Waals surface area contributed by atoms with Gasteiger partial charge in [-0.1, -0.05) is 43.5 Å². The highest BCUT2D eigenvalue weighted by Crippen LogP contribution is 2.26. The lowest BCUT2D eigenvalue weighted by Gasteiger charge is -2.21. The number of carbonyl (C=O) groups excluding carboxylic acids is 2. The summed E-state index contributed by atoms with van der Waals surface area (Å²) in [7, 11) is 1.64. The van der Waals surface area contributed by atoms with Crippen LogP contribution in [0.25, 0.3) is 10.8 Å². The lowest BCUT2D eigenvalue weighted by Crippen LogP contribution is -2.46. The van der Waals surface area contributed by atoms with Crippen molar-refractivity contribution in [3.63, 3.8) is 0 Å². The van der Waals surface area contributed by atoms with E-state index >= 15 is 0 Å². The number of fused-ring (bicyclic) bond motifs is 1. The Morgan fingerprint density at radius 2 is 1.69 bits per heavy atom. The summed E-state index contributed by atoms with van der Waals surface area (Å²) in [4.78, 5) is 24.6. The van der Waals surface area contributed by atoms with Gasteiger partial charge in [-0.3, -0.25) is 20.4 Å². The summed E-state index contributed by atoms with van der Waals surface area (Å²) in [6.07, 6.45) is 5.19. The Labute approximate surface area is 154 Å². The lowest BCUT2D eigenvalue weighted by molar-refractivity contribution is -0.132. The van der Waals surface area contributed by atoms with E-state index in [0.29, 0.717) is 0 Å². The number of hydrogen-bond donors (Lipinski definition) is 2. The van der Waals surface area contributed by atoms with Crippen LogP contribution < -0.4 is 15.6 Å². The second-order valence-electron chi connectivity index (χ2n) is 7.01. The van der Waals surface area contributed by atoms with Crippen LogP contribution in [-0.2, 0) is 9.59 Å². The molecular formula is C21H26N2O3. The third kappa shape index (κ3) is 4.15. The summed E-state index contributed by atoms with van der Waals surface area (Å²) in [5.41, 5.74) is 6.10. The largest absolute Gasteiger partial charge is 0.497 e. The first kappa shape index (κ1) is 18.2. The summed E-state index contributed by atoms with van der Waals surface area (Å²) in [6, 6.07) is 11.8. The number of nitrogens with one attached hydrogen (secondary N) is 2. The number of methoxy groups -OCH3 is 1. The third-order valence-electron chi connectivity index (χ3n) is 5.25. The Morgan fingerprint density at radius 1 is 1.00 bits per heavy atom. The molecule has 2 aromatic carbocycles. The molecule has 2 amide bonds. The van der Waals surface area contributed by atoms with Gasteiger partial charge in [0.05, 0.1) is 13.0 Å². The van der Waals surface area contributed by atoms with Crippen molar-refractivity contribution in [2.75, 3.05) is 7.11 Å². The van der Waals surface area contributed by atoms with Gasteiger partial charge in [0.25, 0.3) is 0 Å². The standard InChI is InChI=1S/C21H26N2O3/c1-14(20(24)22-23-21(25)15-6-4-3-5-7-15)16-8-9-18-13-19(26-2)11-10-17(18)12-16/h8-15H,3-7H2,1-2H3,(H,22,24)(H,23,25)/t14-/m0/s1. The zero-order valence-corrected chi connectivity index (χ0v) is 15.4. The van der Waals surface area contributed by atoms with Crippen LogP contribution in [0.15, 0.2) is 36.4 Å². The van der Waals surface area contributed by atoms with Crippen LogP contribution in [0.4, 0.5) is 0 Å². The van der Waals surface area contributed by atoms with E-state index in [-0.39, 0.29) is 23.7 Å². The molecule has 2 N–H and O–H groups in total. The molecule has 0 heterocycles. The van der Waals surface area contributed by atoms with Crippen LogP contribution in [0.3, 0.4) is 0 Å². The summed E-state index contributed by atoms with van der Waals surface area (Å²) in [6.45, 7) is 1.84. The van der Waals surface area contributed by atoms with Crippen LogP contribution in [0.5, 0.6) is 5.75 Å².